The van der Waals surface area contributed by atoms with Crippen molar-refractivity contribution in [3.05, 3.63) is 11.6 Å². The van der Waals surface area contributed by atoms with Crippen molar-refractivity contribution in [3.8, 4) is 0 Å². The molecule has 1 unspecified atom stereocenters. The molecule has 2 amide bonds. The van der Waals surface area contributed by atoms with E-state index < -0.39 is 11.4 Å². The number of nitrogens with one attached hydrogen (secondary N) is 1. The van der Waals surface area contributed by atoms with Crippen molar-refractivity contribution in [1.82, 2.24) is 25.0 Å². The summed E-state index contributed by atoms with van der Waals surface area (Å²) in [4.78, 5) is 26.1. The molecule has 2 aliphatic heterocycles. The molecular formula is C17H25N5O3. The number of carbonyl (C=O) groups is 2. The van der Waals surface area contributed by atoms with Gasteiger partial charge in [0.25, 0.3) is 0 Å². The second-order valence-corrected chi connectivity index (χ2v) is 7.69. The van der Waals surface area contributed by atoms with E-state index >= 15 is 0 Å². The highest BCUT2D eigenvalue weighted by Gasteiger charge is 2.55. The van der Waals surface area contributed by atoms with Gasteiger partial charge in [-0.3, -0.25) is 4.79 Å². The molecule has 0 aromatic carbocycles. The van der Waals surface area contributed by atoms with Crippen LogP contribution in [0.1, 0.15) is 56.7 Å². The van der Waals surface area contributed by atoms with Gasteiger partial charge in [0.15, 0.2) is 5.82 Å². The number of carboxylic acids is 1. The number of likely N-dealkylation sites (tertiary alicyclic amines) is 1. The minimum atomic E-state index is -0.759. The molecule has 1 aromatic rings. The maximum atomic E-state index is 12.7. The number of aliphatic carboxylic acids is 1. The lowest BCUT2D eigenvalue weighted by Crippen LogP contribution is -2.43. The van der Waals surface area contributed by atoms with Gasteiger partial charge < -0.3 is 19.9 Å². The molecule has 0 radical (unpaired) electrons. The molecule has 136 valence electrons. The zero-order chi connectivity index (χ0) is 17.6. The maximum Gasteiger partial charge on any atom is 0.318 e. The average molecular weight is 347 g/mol. The Morgan fingerprint density at radius 2 is 2.16 bits per heavy atom. The Hall–Kier alpha value is -2.12. The minimum absolute atomic E-state index is 0.0758. The fourth-order valence-corrected chi connectivity index (χ4v) is 4.79. The van der Waals surface area contributed by atoms with Gasteiger partial charge in [-0.15, -0.1) is 10.2 Å². The monoisotopic (exact) mass is 347 g/mol. The van der Waals surface area contributed by atoms with Crippen molar-refractivity contribution in [3.63, 3.8) is 0 Å². The highest BCUT2D eigenvalue weighted by Crippen LogP contribution is 2.48. The van der Waals surface area contributed by atoms with Gasteiger partial charge in [-0.25, -0.2) is 4.79 Å². The normalized spacial score (nSPS) is 29.2. The van der Waals surface area contributed by atoms with Gasteiger partial charge >= 0.3 is 12.0 Å². The molecule has 4 rings (SSSR count). The fraction of sp³-hybridized carbons (Fsp3) is 0.765. The van der Waals surface area contributed by atoms with Crippen molar-refractivity contribution < 1.29 is 14.7 Å². The third-order valence-corrected chi connectivity index (χ3v) is 6.20. The number of hydrogen-bond donors (Lipinski definition) is 2. The Morgan fingerprint density at radius 3 is 2.92 bits per heavy atom. The Balaban J connectivity index is 1.44. The summed E-state index contributed by atoms with van der Waals surface area (Å²) in [5.41, 5.74) is -0.741. The third kappa shape index (κ3) is 2.58. The number of aromatic nitrogens is 3. The van der Waals surface area contributed by atoms with Gasteiger partial charge in [-0.2, -0.15) is 0 Å². The zero-order valence-corrected chi connectivity index (χ0v) is 14.6. The number of hydrogen-bond acceptors (Lipinski definition) is 4. The first kappa shape index (κ1) is 16.4. The fourth-order valence-electron chi connectivity index (χ4n) is 4.79. The second-order valence-electron chi connectivity index (χ2n) is 7.69. The summed E-state index contributed by atoms with van der Waals surface area (Å²) in [5, 5.41) is 21.1. The van der Waals surface area contributed by atoms with Crippen LogP contribution in [0, 0.1) is 11.3 Å². The smallest absolute Gasteiger partial charge is 0.318 e. The number of nitrogens with zero attached hydrogens (tertiary/aromatic N) is 4. The van der Waals surface area contributed by atoms with E-state index in [1.807, 2.05) is 6.92 Å². The first-order valence-corrected chi connectivity index (χ1v) is 9.22. The summed E-state index contributed by atoms with van der Waals surface area (Å²) in [6.45, 7) is 3.64. The molecule has 8 heteroatoms. The molecule has 3 heterocycles. The minimum Gasteiger partial charge on any atom is -0.481 e. The van der Waals surface area contributed by atoms with E-state index in [9.17, 15) is 14.7 Å². The van der Waals surface area contributed by atoms with Crippen LogP contribution in [0.25, 0.3) is 0 Å². The number of carboxylic acid groups (broad SMARTS) is 1. The summed E-state index contributed by atoms with van der Waals surface area (Å²) in [7, 11) is 0. The lowest BCUT2D eigenvalue weighted by molar-refractivity contribution is -0.149. The highest BCUT2D eigenvalue weighted by molar-refractivity contribution is 5.80. The second kappa shape index (κ2) is 6.00. The lowest BCUT2D eigenvalue weighted by atomic mass is 9.81. The van der Waals surface area contributed by atoms with E-state index in [-0.39, 0.29) is 18.0 Å². The van der Waals surface area contributed by atoms with Crippen LogP contribution in [0.5, 0.6) is 0 Å². The number of urea groups is 1. The Bertz CT molecular complexity index is 702. The van der Waals surface area contributed by atoms with Crippen LogP contribution >= 0.6 is 0 Å². The van der Waals surface area contributed by atoms with Gasteiger partial charge in [0.1, 0.15) is 5.82 Å². The summed E-state index contributed by atoms with van der Waals surface area (Å²) >= 11 is 0. The molecular weight excluding hydrogens is 322 g/mol. The zero-order valence-electron chi connectivity index (χ0n) is 14.6. The third-order valence-electron chi connectivity index (χ3n) is 6.20. The van der Waals surface area contributed by atoms with Crippen molar-refractivity contribution in [2.24, 2.45) is 11.3 Å². The van der Waals surface area contributed by atoms with Crippen molar-refractivity contribution in [2.45, 2.75) is 58.0 Å². The molecule has 0 bridgehead atoms. The van der Waals surface area contributed by atoms with Crippen LogP contribution in [0.15, 0.2) is 0 Å². The van der Waals surface area contributed by atoms with Crippen LogP contribution in [0.4, 0.5) is 4.79 Å². The van der Waals surface area contributed by atoms with Crippen molar-refractivity contribution in [1.29, 1.82) is 0 Å². The van der Waals surface area contributed by atoms with E-state index in [0.29, 0.717) is 19.5 Å². The molecule has 2 fully saturated rings. The van der Waals surface area contributed by atoms with Crippen molar-refractivity contribution in [2.75, 3.05) is 13.1 Å². The van der Waals surface area contributed by atoms with Crippen LogP contribution in [0.2, 0.25) is 0 Å². The van der Waals surface area contributed by atoms with E-state index in [4.69, 9.17) is 0 Å². The van der Waals surface area contributed by atoms with Gasteiger partial charge in [0, 0.05) is 26.1 Å². The number of rotatable bonds is 3. The quantitative estimate of drug-likeness (QED) is 0.864. The number of aryl methyl sites for hydroxylation is 1. The van der Waals surface area contributed by atoms with Crippen LogP contribution in [-0.2, 0) is 17.8 Å². The van der Waals surface area contributed by atoms with Crippen LogP contribution in [0.3, 0.4) is 0 Å². The SMILES string of the molecule is CC(NC(=O)N1C[C@@H]2CCC[C@@]2(C(=O)O)C1)c1nnc2n1CCCC2. The molecule has 1 saturated carbocycles. The van der Waals surface area contributed by atoms with Gasteiger partial charge in [0.2, 0.25) is 0 Å². The molecule has 3 atom stereocenters. The molecule has 2 N–H and O–H groups in total. The summed E-state index contributed by atoms with van der Waals surface area (Å²) in [6, 6.07) is -0.441. The lowest BCUT2D eigenvalue weighted by Gasteiger charge is -2.25. The first-order valence-electron chi connectivity index (χ1n) is 9.22. The molecule has 1 saturated heterocycles. The number of fused-ring (bicyclic) bond motifs is 2. The van der Waals surface area contributed by atoms with E-state index in [1.54, 1.807) is 4.90 Å². The van der Waals surface area contributed by atoms with Gasteiger partial charge in [-0.1, -0.05) is 6.42 Å². The van der Waals surface area contributed by atoms with Crippen LogP contribution < -0.4 is 5.32 Å². The van der Waals surface area contributed by atoms with Crippen LogP contribution in [-0.4, -0.2) is 49.9 Å². The highest BCUT2D eigenvalue weighted by atomic mass is 16.4. The largest absolute Gasteiger partial charge is 0.481 e. The summed E-state index contributed by atoms with van der Waals surface area (Å²) in [6.07, 6.45) is 5.67. The Labute approximate surface area is 146 Å². The number of amides is 2. The molecule has 1 aromatic heterocycles. The molecule has 25 heavy (non-hydrogen) atoms. The van der Waals surface area contributed by atoms with E-state index in [1.165, 1.54) is 0 Å². The Morgan fingerprint density at radius 1 is 1.32 bits per heavy atom. The average Bonchev–Trinajstić information content (AvgIpc) is 3.26. The van der Waals surface area contributed by atoms with E-state index in [0.717, 1.165) is 50.3 Å². The summed E-state index contributed by atoms with van der Waals surface area (Å²) < 4.78 is 2.10. The number of carbonyl (C=O) groups excluding carboxylic acids is 1. The molecule has 1 aliphatic carbocycles. The van der Waals surface area contributed by atoms with Crippen molar-refractivity contribution >= 4 is 12.0 Å². The van der Waals surface area contributed by atoms with Gasteiger partial charge in [0.05, 0.1) is 11.5 Å². The molecule has 8 nitrogen and oxygen atoms in total. The maximum absolute atomic E-state index is 12.7. The topological polar surface area (TPSA) is 100 Å². The standard InChI is InChI=1S/C17H25N5O3/c1-11(14-20-19-13-6-2-3-8-22(13)14)18-16(25)21-9-12-5-4-7-17(12,10-21)15(23)24/h11-12H,2-10H2,1H3,(H,18,25)(H,23,24)/t11?,12-,17+/m0/s1. The summed E-state index contributed by atoms with van der Waals surface area (Å²) in [5.74, 6) is 1.09. The van der Waals surface area contributed by atoms with Gasteiger partial charge in [-0.05, 0) is 38.5 Å². The predicted molar refractivity (Wildman–Crippen MR) is 88.9 cm³/mol. The first-order chi connectivity index (χ1) is 12.0. The molecule has 0 spiro atoms. The predicted octanol–water partition coefficient (Wildman–Crippen LogP) is 1.57. The Kier molecular flexibility index (Phi) is 3.92. The molecule has 3 aliphatic rings. The van der Waals surface area contributed by atoms with E-state index in [2.05, 4.69) is 20.1 Å².